The third kappa shape index (κ3) is 4.75. The normalized spacial score (nSPS) is 11.9. The van der Waals surface area contributed by atoms with Crippen molar-refractivity contribution in [1.82, 2.24) is 5.32 Å². The molecule has 1 aromatic carbocycles. The summed E-state index contributed by atoms with van der Waals surface area (Å²) in [6.45, 7) is 4.72. The molecule has 0 aliphatic carbocycles. The third-order valence-electron chi connectivity index (χ3n) is 2.75. The van der Waals surface area contributed by atoms with E-state index in [2.05, 4.69) is 10.6 Å². The maximum absolute atomic E-state index is 12.2. The van der Waals surface area contributed by atoms with Crippen LogP contribution in [0.1, 0.15) is 31.1 Å². The molecule has 6 nitrogen and oxygen atoms in total. The van der Waals surface area contributed by atoms with Crippen LogP contribution in [-0.4, -0.2) is 28.9 Å². The molecule has 0 spiro atoms. The van der Waals surface area contributed by atoms with Crippen molar-refractivity contribution in [2.45, 2.75) is 26.8 Å². The van der Waals surface area contributed by atoms with E-state index < -0.39 is 17.9 Å². The molecule has 3 N–H and O–H groups in total. The Morgan fingerprint density at radius 3 is 2.33 bits per heavy atom. The number of amides is 2. The van der Waals surface area contributed by atoms with E-state index in [0.29, 0.717) is 5.69 Å². The Hall–Kier alpha value is -2.08. The fraction of sp³-hybridized carbons (Fsp3) is 0.357. The average molecular weight is 313 g/mol. The molecule has 0 heterocycles. The van der Waals surface area contributed by atoms with Gasteiger partial charge in [0, 0.05) is 12.6 Å². The summed E-state index contributed by atoms with van der Waals surface area (Å²) in [5.74, 6) is -2.28. The Morgan fingerprint density at radius 2 is 1.86 bits per heavy atom. The van der Waals surface area contributed by atoms with Crippen molar-refractivity contribution in [3.63, 3.8) is 0 Å². The fourth-order valence-corrected chi connectivity index (χ4v) is 1.92. The standard InChI is InChI=1S/C14H17ClN2O4/c1-7(2)12(14(20)21)17-13(19)10-6-9(16-8(3)18)4-5-11(10)15/h4-7,12H,1-3H3,(H,16,18)(H,17,19)(H,20,21)/t12-/m1/s1. The Labute approximate surface area is 127 Å². The maximum atomic E-state index is 12.2. The van der Waals surface area contributed by atoms with Crippen LogP contribution in [0.4, 0.5) is 5.69 Å². The van der Waals surface area contributed by atoms with Gasteiger partial charge in [0.25, 0.3) is 5.91 Å². The van der Waals surface area contributed by atoms with Crippen molar-refractivity contribution >= 4 is 35.1 Å². The van der Waals surface area contributed by atoms with Crippen LogP contribution in [0.25, 0.3) is 0 Å². The molecule has 0 saturated heterocycles. The molecule has 0 saturated carbocycles. The lowest BCUT2D eigenvalue weighted by molar-refractivity contribution is -0.140. The molecular formula is C14H17ClN2O4. The van der Waals surface area contributed by atoms with Crippen molar-refractivity contribution in [2.24, 2.45) is 5.92 Å². The van der Waals surface area contributed by atoms with Crippen LogP contribution in [0.3, 0.4) is 0 Å². The van der Waals surface area contributed by atoms with Gasteiger partial charge in [0.15, 0.2) is 0 Å². The Morgan fingerprint density at radius 1 is 1.24 bits per heavy atom. The van der Waals surface area contributed by atoms with Crippen LogP contribution in [0.5, 0.6) is 0 Å². The quantitative estimate of drug-likeness (QED) is 0.776. The highest BCUT2D eigenvalue weighted by atomic mass is 35.5. The van der Waals surface area contributed by atoms with Crippen LogP contribution in [-0.2, 0) is 9.59 Å². The zero-order valence-electron chi connectivity index (χ0n) is 11.9. The predicted octanol–water partition coefficient (Wildman–Crippen LogP) is 2.14. The lowest BCUT2D eigenvalue weighted by Crippen LogP contribution is -2.44. The van der Waals surface area contributed by atoms with Crippen molar-refractivity contribution in [3.05, 3.63) is 28.8 Å². The molecular weight excluding hydrogens is 296 g/mol. The van der Waals surface area contributed by atoms with E-state index in [1.165, 1.54) is 19.1 Å². The lowest BCUT2D eigenvalue weighted by atomic mass is 10.0. The number of carbonyl (C=O) groups is 3. The molecule has 1 rings (SSSR count). The number of halogens is 1. The summed E-state index contributed by atoms with van der Waals surface area (Å²) < 4.78 is 0. The topological polar surface area (TPSA) is 95.5 Å². The number of hydrogen-bond donors (Lipinski definition) is 3. The van der Waals surface area contributed by atoms with Crippen LogP contribution in [0, 0.1) is 5.92 Å². The van der Waals surface area contributed by atoms with Crippen molar-refractivity contribution in [1.29, 1.82) is 0 Å². The first kappa shape index (κ1) is 17.0. The minimum Gasteiger partial charge on any atom is -0.480 e. The van der Waals surface area contributed by atoms with E-state index in [4.69, 9.17) is 16.7 Å². The minimum atomic E-state index is -1.12. The largest absolute Gasteiger partial charge is 0.480 e. The molecule has 1 atom stereocenters. The van der Waals surface area contributed by atoms with Crippen molar-refractivity contribution in [3.8, 4) is 0 Å². The summed E-state index contributed by atoms with van der Waals surface area (Å²) >= 11 is 5.95. The van der Waals surface area contributed by atoms with E-state index in [1.807, 2.05) is 0 Å². The van der Waals surface area contributed by atoms with E-state index in [1.54, 1.807) is 19.9 Å². The van der Waals surface area contributed by atoms with E-state index in [0.717, 1.165) is 0 Å². The van der Waals surface area contributed by atoms with Gasteiger partial charge in [-0.3, -0.25) is 9.59 Å². The predicted molar refractivity (Wildman–Crippen MR) is 79.5 cm³/mol. The van der Waals surface area contributed by atoms with Gasteiger partial charge >= 0.3 is 5.97 Å². The minimum absolute atomic E-state index is 0.106. The van der Waals surface area contributed by atoms with Crippen LogP contribution >= 0.6 is 11.6 Å². The zero-order valence-corrected chi connectivity index (χ0v) is 12.7. The van der Waals surface area contributed by atoms with Gasteiger partial charge in [-0.05, 0) is 24.1 Å². The van der Waals surface area contributed by atoms with Gasteiger partial charge in [-0.15, -0.1) is 0 Å². The highest BCUT2D eigenvalue weighted by Gasteiger charge is 2.25. The number of carboxylic acid groups (broad SMARTS) is 1. The van der Waals surface area contributed by atoms with E-state index in [9.17, 15) is 14.4 Å². The van der Waals surface area contributed by atoms with Gasteiger partial charge < -0.3 is 15.7 Å². The highest BCUT2D eigenvalue weighted by Crippen LogP contribution is 2.21. The molecule has 0 fully saturated rings. The Bertz CT molecular complexity index is 572. The number of nitrogens with one attached hydrogen (secondary N) is 2. The van der Waals surface area contributed by atoms with Crippen molar-refractivity contribution in [2.75, 3.05) is 5.32 Å². The molecule has 0 radical (unpaired) electrons. The first-order chi connectivity index (χ1) is 9.72. The molecule has 21 heavy (non-hydrogen) atoms. The van der Waals surface area contributed by atoms with Crippen molar-refractivity contribution < 1.29 is 19.5 Å². The van der Waals surface area contributed by atoms with Gasteiger partial charge in [0.05, 0.1) is 10.6 Å². The molecule has 0 aliphatic heterocycles. The maximum Gasteiger partial charge on any atom is 0.326 e. The summed E-state index contributed by atoms with van der Waals surface area (Å²) in [5.41, 5.74) is 0.517. The summed E-state index contributed by atoms with van der Waals surface area (Å²) in [6.07, 6.45) is 0. The number of rotatable bonds is 5. The monoisotopic (exact) mass is 312 g/mol. The summed E-state index contributed by atoms with van der Waals surface area (Å²) in [4.78, 5) is 34.3. The first-order valence-electron chi connectivity index (χ1n) is 6.33. The number of carbonyl (C=O) groups excluding carboxylic acids is 2. The SMILES string of the molecule is CC(=O)Nc1ccc(Cl)c(C(=O)N[C@@H](C(=O)O)C(C)C)c1. The fourth-order valence-electron chi connectivity index (χ4n) is 1.71. The summed E-state index contributed by atoms with van der Waals surface area (Å²) in [7, 11) is 0. The smallest absolute Gasteiger partial charge is 0.326 e. The molecule has 0 aliphatic rings. The first-order valence-corrected chi connectivity index (χ1v) is 6.71. The van der Waals surface area contributed by atoms with Gasteiger partial charge in [-0.25, -0.2) is 4.79 Å². The second kappa shape index (κ2) is 7.08. The van der Waals surface area contributed by atoms with Gasteiger partial charge in [-0.1, -0.05) is 25.4 Å². The molecule has 0 bridgehead atoms. The highest BCUT2D eigenvalue weighted by molar-refractivity contribution is 6.34. The molecule has 0 aromatic heterocycles. The number of hydrogen-bond acceptors (Lipinski definition) is 3. The molecule has 1 aromatic rings. The second-order valence-corrected chi connectivity index (χ2v) is 5.32. The molecule has 7 heteroatoms. The molecule has 0 unspecified atom stereocenters. The van der Waals surface area contributed by atoms with Gasteiger partial charge in [0.1, 0.15) is 6.04 Å². The summed E-state index contributed by atoms with van der Waals surface area (Å²) in [6, 6.07) is 3.40. The van der Waals surface area contributed by atoms with Crippen LogP contribution in [0.15, 0.2) is 18.2 Å². The number of carboxylic acids is 1. The second-order valence-electron chi connectivity index (χ2n) is 4.91. The van der Waals surface area contributed by atoms with Crippen LogP contribution < -0.4 is 10.6 Å². The molecule has 114 valence electrons. The lowest BCUT2D eigenvalue weighted by Gasteiger charge is -2.18. The van der Waals surface area contributed by atoms with E-state index in [-0.39, 0.29) is 22.4 Å². The third-order valence-corrected chi connectivity index (χ3v) is 3.08. The van der Waals surface area contributed by atoms with Crippen LogP contribution in [0.2, 0.25) is 5.02 Å². The summed E-state index contributed by atoms with van der Waals surface area (Å²) in [5, 5.41) is 14.2. The van der Waals surface area contributed by atoms with Gasteiger partial charge in [0.2, 0.25) is 5.91 Å². The molecule has 2 amide bonds. The number of benzene rings is 1. The Kier molecular flexibility index (Phi) is 5.72. The number of anilines is 1. The zero-order chi connectivity index (χ0) is 16.2. The van der Waals surface area contributed by atoms with Gasteiger partial charge in [-0.2, -0.15) is 0 Å². The average Bonchev–Trinajstić information content (AvgIpc) is 2.36. The Balaban J connectivity index is 3.00. The number of aliphatic carboxylic acids is 1. The van der Waals surface area contributed by atoms with E-state index >= 15 is 0 Å².